The summed E-state index contributed by atoms with van der Waals surface area (Å²) in [6.07, 6.45) is 2.87. The fourth-order valence-corrected chi connectivity index (χ4v) is 1.73. The zero-order valence-corrected chi connectivity index (χ0v) is 9.38. The molecule has 0 spiro atoms. The normalized spacial score (nSPS) is 15.1. The Hall–Kier alpha value is -0.820. The van der Waals surface area contributed by atoms with E-state index in [9.17, 15) is 5.11 Å². The Bertz CT molecular complexity index is 272. The van der Waals surface area contributed by atoms with Crippen molar-refractivity contribution in [2.45, 2.75) is 45.6 Å². The second-order valence-corrected chi connectivity index (χ2v) is 4.07. The third kappa shape index (κ3) is 2.58. The molecule has 1 atom stereocenters. The minimum Gasteiger partial charge on any atom is -0.385 e. The van der Waals surface area contributed by atoms with Crippen molar-refractivity contribution in [3.8, 4) is 0 Å². The zero-order chi connectivity index (χ0) is 10.6. The summed E-state index contributed by atoms with van der Waals surface area (Å²) in [5, 5.41) is 10.1. The van der Waals surface area contributed by atoms with Crippen LogP contribution in [-0.4, -0.2) is 5.11 Å². The van der Waals surface area contributed by atoms with Crippen LogP contribution in [0.15, 0.2) is 24.3 Å². The van der Waals surface area contributed by atoms with Crippen molar-refractivity contribution in [2.75, 3.05) is 0 Å². The van der Waals surface area contributed by atoms with Gasteiger partial charge in [0.2, 0.25) is 0 Å². The molecule has 0 saturated heterocycles. The number of rotatable bonds is 4. The molecule has 0 aliphatic carbocycles. The molecule has 1 rings (SSSR count). The Labute approximate surface area is 86.8 Å². The summed E-state index contributed by atoms with van der Waals surface area (Å²) >= 11 is 0. The first-order valence-corrected chi connectivity index (χ1v) is 5.42. The van der Waals surface area contributed by atoms with Crippen LogP contribution in [0.3, 0.4) is 0 Å². The van der Waals surface area contributed by atoms with Crippen LogP contribution in [-0.2, 0) is 12.0 Å². The van der Waals surface area contributed by atoms with Crippen molar-refractivity contribution >= 4 is 0 Å². The van der Waals surface area contributed by atoms with Crippen LogP contribution in [0.2, 0.25) is 0 Å². The largest absolute Gasteiger partial charge is 0.385 e. The molecule has 0 radical (unpaired) electrons. The van der Waals surface area contributed by atoms with E-state index in [0.717, 1.165) is 24.8 Å². The smallest absolute Gasteiger partial charge is 0.0868 e. The Balaban J connectivity index is 2.85. The molecule has 1 heteroatoms. The fourth-order valence-electron chi connectivity index (χ4n) is 1.73. The molecule has 1 aromatic rings. The highest BCUT2D eigenvalue weighted by molar-refractivity contribution is 5.26. The summed E-state index contributed by atoms with van der Waals surface area (Å²) in [5.41, 5.74) is 1.68. The van der Waals surface area contributed by atoms with Gasteiger partial charge >= 0.3 is 0 Å². The van der Waals surface area contributed by atoms with Crippen LogP contribution >= 0.6 is 0 Å². The number of aliphatic hydroxyl groups is 1. The van der Waals surface area contributed by atoms with E-state index in [1.165, 1.54) is 5.56 Å². The standard InChI is InChI=1S/C13H20O/c1-4-10-13(3,14)12-8-6-11(5-2)7-9-12/h6-9,14H,4-5,10H2,1-3H3. The molecule has 1 nitrogen and oxygen atoms in total. The zero-order valence-electron chi connectivity index (χ0n) is 9.38. The van der Waals surface area contributed by atoms with Crippen molar-refractivity contribution in [2.24, 2.45) is 0 Å². The van der Waals surface area contributed by atoms with Crippen LogP contribution in [0.4, 0.5) is 0 Å². The van der Waals surface area contributed by atoms with Gasteiger partial charge < -0.3 is 5.11 Å². The van der Waals surface area contributed by atoms with E-state index in [0.29, 0.717) is 0 Å². The van der Waals surface area contributed by atoms with E-state index < -0.39 is 5.60 Å². The maximum atomic E-state index is 10.1. The molecule has 0 amide bonds. The summed E-state index contributed by atoms with van der Waals surface area (Å²) < 4.78 is 0. The van der Waals surface area contributed by atoms with Crippen LogP contribution in [0, 0.1) is 0 Å². The maximum Gasteiger partial charge on any atom is 0.0868 e. The maximum absolute atomic E-state index is 10.1. The molecule has 0 bridgehead atoms. The lowest BCUT2D eigenvalue weighted by Crippen LogP contribution is -2.20. The first kappa shape index (κ1) is 11.3. The summed E-state index contributed by atoms with van der Waals surface area (Å²) in [6.45, 7) is 6.12. The van der Waals surface area contributed by atoms with Gasteiger partial charge in [-0.2, -0.15) is 0 Å². The van der Waals surface area contributed by atoms with Gasteiger partial charge in [0.25, 0.3) is 0 Å². The molecule has 1 unspecified atom stereocenters. The van der Waals surface area contributed by atoms with Gasteiger partial charge in [-0.05, 0) is 30.9 Å². The first-order chi connectivity index (χ1) is 6.60. The third-order valence-corrected chi connectivity index (χ3v) is 2.72. The summed E-state index contributed by atoms with van der Waals surface area (Å²) in [7, 11) is 0. The number of aryl methyl sites for hydroxylation is 1. The fraction of sp³-hybridized carbons (Fsp3) is 0.538. The first-order valence-electron chi connectivity index (χ1n) is 5.42. The molecule has 1 N–H and O–H groups in total. The molecule has 0 aromatic heterocycles. The Morgan fingerprint density at radius 2 is 1.71 bits per heavy atom. The molecule has 14 heavy (non-hydrogen) atoms. The Morgan fingerprint density at radius 3 is 2.14 bits per heavy atom. The summed E-state index contributed by atoms with van der Waals surface area (Å²) in [4.78, 5) is 0. The van der Waals surface area contributed by atoms with E-state index >= 15 is 0 Å². The van der Waals surface area contributed by atoms with Gasteiger partial charge in [0, 0.05) is 0 Å². The van der Waals surface area contributed by atoms with E-state index in [4.69, 9.17) is 0 Å². The number of benzene rings is 1. The second-order valence-electron chi connectivity index (χ2n) is 4.07. The monoisotopic (exact) mass is 192 g/mol. The minimum atomic E-state index is -0.666. The van der Waals surface area contributed by atoms with Gasteiger partial charge in [0.15, 0.2) is 0 Å². The lowest BCUT2D eigenvalue weighted by molar-refractivity contribution is 0.0469. The number of hydrogen-bond donors (Lipinski definition) is 1. The van der Waals surface area contributed by atoms with E-state index in [1.54, 1.807) is 0 Å². The van der Waals surface area contributed by atoms with Crippen molar-refractivity contribution in [3.63, 3.8) is 0 Å². The van der Waals surface area contributed by atoms with Crippen molar-refractivity contribution in [1.82, 2.24) is 0 Å². The van der Waals surface area contributed by atoms with Crippen molar-refractivity contribution < 1.29 is 5.11 Å². The molecule has 0 saturated carbocycles. The molecule has 0 aliphatic heterocycles. The summed E-state index contributed by atoms with van der Waals surface area (Å²) in [5.74, 6) is 0. The van der Waals surface area contributed by atoms with Crippen LogP contribution in [0.1, 0.15) is 44.7 Å². The van der Waals surface area contributed by atoms with Gasteiger partial charge in [-0.3, -0.25) is 0 Å². The lowest BCUT2D eigenvalue weighted by atomic mass is 9.91. The van der Waals surface area contributed by atoms with Crippen LogP contribution in [0.25, 0.3) is 0 Å². The number of hydrogen-bond acceptors (Lipinski definition) is 1. The third-order valence-electron chi connectivity index (χ3n) is 2.72. The Morgan fingerprint density at radius 1 is 1.14 bits per heavy atom. The molecule has 1 aromatic carbocycles. The average molecular weight is 192 g/mol. The Kier molecular flexibility index (Phi) is 3.70. The van der Waals surface area contributed by atoms with E-state index in [1.807, 2.05) is 19.1 Å². The average Bonchev–Trinajstić information content (AvgIpc) is 2.18. The predicted octanol–water partition coefficient (Wildman–Crippen LogP) is 3.26. The topological polar surface area (TPSA) is 20.2 Å². The van der Waals surface area contributed by atoms with Gasteiger partial charge in [-0.25, -0.2) is 0 Å². The molecule has 78 valence electrons. The molecular formula is C13H20O. The quantitative estimate of drug-likeness (QED) is 0.776. The van der Waals surface area contributed by atoms with Gasteiger partial charge in [-0.1, -0.05) is 44.5 Å². The highest BCUT2D eigenvalue weighted by Crippen LogP contribution is 2.25. The second kappa shape index (κ2) is 4.61. The molecular weight excluding hydrogens is 172 g/mol. The predicted molar refractivity (Wildman–Crippen MR) is 60.3 cm³/mol. The van der Waals surface area contributed by atoms with Gasteiger partial charge in [0.1, 0.15) is 0 Å². The van der Waals surface area contributed by atoms with Gasteiger partial charge in [0.05, 0.1) is 5.60 Å². The van der Waals surface area contributed by atoms with Crippen molar-refractivity contribution in [3.05, 3.63) is 35.4 Å². The van der Waals surface area contributed by atoms with E-state index in [2.05, 4.69) is 26.0 Å². The lowest BCUT2D eigenvalue weighted by Gasteiger charge is -2.23. The van der Waals surface area contributed by atoms with Crippen LogP contribution < -0.4 is 0 Å². The molecule has 0 fully saturated rings. The summed E-state index contributed by atoms with van der Waals surface area (Å²) in [6, 6.07) is 8.27. The minimum absolute atomic E-state index is 0.666. The van der Waals surface area contributed by atoms with Gasteiger partial charge in [-0.15, -0.1) is 0 Å². The van der Waals surface area contributed by atoms with Crippen molar-refractivity contribution in [1.29, 1.82) is 0 Å². The highest BCUT2D eigenvalue weighted by atomic mass is 16.3. The van der Waals surface area contributed by atoms with E-state index in [-0.39, 0.29) is 0 Å². The van der Waals surface area contributed by atoms with Crippen LogP contribution in [0.5, 0.6) is 0 Å². The SMILES string of the molecule is CCCC(C)(O)c1ccc(CC)cc1. The molecule has 0 aliphatic rings. The molecule has 0 heterocycles. The highest BCUT2D eigenvalue weighted by Gasteiger charge is 2.21.